The lowest BCUT2D eigenvalue weighted by Gasteiger charge is -2.24. The van der Waals surface area contributed by atoms with Gasteiger partial charge in [0.05, 0.1) is 4.90 Å². The van der Waals surface area contributed by atoms with Crippen LogP contribution in [0.4, 0.5) is 0 Å². The Balaban J connectivity index is 2.31. The first kappa shape index (κ1) is 14.6. The summed E-state index contributed by atoms with van der Waals surface area (Å²) in [5.74, 6) is -1.21. The Bertz CT molecular complexity index is 617. The van der Waals surface area contributed by atoms with Crippen LogP contribution >= 0.6 is 27.7 Å². The first-order valence-corrected chi connectivity index (χ1v) is 8.37. The second-order valence-electron chi connectivity index (χ2n) is 3.89. The molecule has 2 N–H and O–H groups in total. The summed E-state index contributed by atoms with van der Waals surface area (Å²) in [6.45, 7) is 0. The van der Waals surface area contributed by atoms with Crippen LogP contribution in [-0.2, 0) is 14.8 Å². The lowest BCUT2D eigenvalue weighted by molar-refractivity contribution is -0.140. The molecule has 0 bridgehead atoms. The van der Waals surface area contributed by atoms with Crippen molar-refractivity contribution >= 4 is 43.7 Å². The van der Waals surface area contributed by atoms with Crippen molar-refractivity contribution in [2.24, 2.45) is 0 Å². The molecule has 5 nitrogen and oxygen atoms in total. The molecule has 1 aromatic rings. The number of thioether (sulfide) groups is 1. The molecule has 102 valence electrons. The summed E-state index contributed by atoms with van der Waals surface area (Å²) >= 11 is 4.15. The van der Waals surface area contributed by atoms with E-state index in [9.17, 15) is 18.3 Å². The predicted molar refractivity (Wildman–Crippen MR) is 76.2 cm³/mol. The molecule has 0 amide bonds. The summed E-state index contributed by atoms with van der Waals surface area (Å²) in [6.07, 6.45) is 1.74. The summed E-state index contributed by atoms with van der Waals surface area (Å²) in [5.41, 5.74) is 0. The molecule has 19 heavy (non-hydrogen) atoms. The number of aliphatic carboxylic acids is 1. The van der Waals surface area contributed by atoms with Gasteiger partial charge in [-0.15, -0.1) is 0 Å². The second-order valence-corrected chi connectivity index (χ2v) is 7.69. The van der Waals surface area contributed by atoms with Gasteiger partial charge in [0.15, 0.2) is 4.87 Å². The lowest BCUT2D eigenvalue weighted by Crippen LogP contribution is -2.50. The molecule has 8 heteroatoms. The van der Waals surface area contributed by atoms with Gasteiger partial charge >= 0.3 is 5.97 Å². The molecule has 2 rings (SSSR count). The standard InChI is InChI=1S/C11H10BrNO4S2/c12-8-2-4-9(5-3-8)19(16,17)13-11(10(14)15)6-1-7-18-11/h1-5,7,13H,6H2,(H,14,15). The minimum atomic E-state index is -3.88. The molecule has 0 spiro atoms. The van der Waals surface area contributed by atoms with Crippen LogP contribution in [0.25, 0.3) is 0 Å². The molecule has 1 aromatic carbocycles. The largest absolute Gasteiger partial charge is 0.479 e. The number of carbonyl (C=O) groups is 1. The van der Waals surface area contributed by atoms with Crippen molar-refractivity contribution in [3.63, 3.8) is 0 Å². The fourth-order valence-corrected chi connectivity index (χ4v) is 4.28. The molecule has 0 saturated carbocycles. The van der Waals surface area contributed by atoms with Crippen molar-refractivity contribution in [2.45, 2.75) is 16.2 Å². The molecule has 0 fully saturated rings. The van der Waals surface area contributed by atoms with E-state index in [0.717, 1.165) is 16.2 Å². The van der Waals surface area contributed by atoms with Crippen molar-refractivity contribution in [1.82, 2.24) is 4.72 Å². The number of benzene rings is 1. The lowest BCUT2D eigenvalue weighted by atomic mass is 10.2. The molecular weight excluding hydrogens is 354 g/mol. The highest BCUT2D eigenvalue weighted by atomic mass is 79.9. The first-order chi connectivity index (χ1) is 8.86. The van der Waals surface area contributed by atoms with Gasteiger partial charge in [0.25, 0.3) is 0 Å². The van der Waals surface area contributed by atoms with Crippen LogP contribution in [0, 0.1) is 0 Å². The Labute approximate surface area is 123 Å². The highest BCUT2D eigenvalue weighted by Crippen LogP contribution is 2.35. The molecule has 1 heterocycles. The third-order valence-corrected chi connectivity index (χ3v) is 5.88. The van der Waals surface area contributed by atoms with E-state index in [0.29, 0.717) is 0 Å². The van der Waals surface area contributed by atoms with Crippen LogP contribution in [-0.4, -0.2) is 24.4 Å². The molecule has 1 unspecified atom stereocenters. The van der Waals surface area contributed by atoms with Gasteiger partial charge < -0.3 is 5.11 Å². The fraction of sp³-hybridized carbons (Fsp3) is 0.182. The fourth-order valence-electron chi connectivity index (χ4n) is 1.56. The van der Waals surface area contributed by atoms with Crippen molar-refractivity contribution in [3.8, 4) is 0 Å². The number of carboxylic acid groups (broad SMARTS) is 1. The maximum Gasteiger partial charge on any atom is 0.336 e. The zero-order valence-corrected chi connectivity index (χ0v) is 12.8. The molecule has 0 aliphatic carbocycles. The van der Waals surface area contributed by atoms with E-state index in [2.05, 4.69) is 20.7 Å². The van der Waals surface area contributed by atoms with E-state index < -0.39 is 20.9 Å². The smallest absolute Gasteiger partial charge is 0.336 e. The van der Waals surface area contributed by atoms with Crippen LogP contribution in [0.1, 0.15) is 6.42 Å². The van der Waals surface area contributed by atoms with Crippen molar-refractivity contribution in [3.05, 3.63) is 40.2 Å². The van der Waals surface area contributed by atoms with Crippen LogP contribution in [0.3, 0.4) is 0 Å². The van der Waals surface area contributed by atoms with E-state index in [-0.39, 0.29) is 11.3 Å². The van der Waals surface area contributed by atoms with Crippen LogP contribution in [0.5, 0.6) is 0 Å². The molecular formula is C11H10BrNO4S2. The van der Waals surface area contributed by atoms with Crippen LogP contribution in [0.15, 0.2) is 45.1 Å². The minimum Gasteiger partial charge on any atom is -0.479 e. The number of carboxylic acids is 1. The van der Waals surface area contributed by atoms with Crippen molar-refractivity contribution in [1.29, 1.82) is 0 Å². The summed E-state index contributed by atoms with van der Waals surface area (Å²) in [4.78, 5) is 9.77. The quantitative estimate of drug-likeness (QED) is 0.856. The van der Waals surface area contributed by atoms with E-state index in [1.165, 1.54) is 12.1 Å². The van der Waals surface area contributed by atoms with Crippen LogP contribution in [0.2, 0.25) is 0 Å². The maximum atomic E-state index is 12.2. The Kier molecular flexibility index (Phi) is 4.05. The van der Waals surface area contributed by atoms with E-state index in [1.54, 1.807) is 23.6 Å². The predicted octanol–water partition coefficient (Wildman–Crippen LogP) is 2.16. The number of nitrogens with one attached hydrogen (secondary N) is 1. The molecule has 0 aromatic heterocycles. The number of rotatable bonds is 4. The summed E-state index contributed by atoms with van der Waals surface area (Å²) in [7, 11) is -3.88. The van der Waals surface area contributed by atoms with E-state index in [1.807, 2.05) is 0 Å². The van der Waals surface area contributed by atoms with Gasteiger partial charge in [-0.2, -0.15) is 4.72 Å². The van der Waals surface area contributed by atoms with Crippen LogP contribution < -0.4 is 4.72 Å². The van der Waals surface area contributed by atoms with Gasteiger partial charge in [-0.1, -0.05) is 33.8 Å². The molecule has 1 aliphatic rings. The number of halogens is 1. The van der Waals surface area contributed by atoms with Gasteiger partial charge in [0.2, 0.25) is 10.0 Å². The van der Waals surface area contributed by atoms with Gasteiger partial charge in [-0.25, -0.2) is 13.2 Å². The molecule has 1 atom stereocenters. The third-order valence-electron chi connectivity index (χ3n) is 2.54. The monoisotopic (exact) mass is 363 g/mol. The van der Waals surface area contributed by atoms with Gasteiger partial charge in [0.1, 0.15) is 0 Å². The third kappa shape index (κ3) is 3.02. The zero-order chi connectivity index (χ0) is 14.1. The molecule has 0 saturated heterocycles. The number of sulfonamides is 1. The van der Waals surface area contributed by atoms with Crippen molar-refractivity contribution < 1.29 is 18.3 Å². The zero-order valence-electron chi connectivity index (χ0n) is 9.54. The normalized spacial score (nSPS) is 22.6. The van der Waals surface area contributed by atoms with Crippen molar-refractivity contribution in [2.75, 3.05) is 0 Å². The molecule has 1 aliphatic heterocycles. The Morgan fingerprint density at radius 3 is 2.47 bits per heavy atom. The number of hydrogen-bond acceptors (Lipinski definition) is 4. The molecule has 0 radical (unpaired) electrons. The van der Waals surface area contributed by atoms with E-state index in [4.69, 9.17) is 0 Å². The topological polar surface area (TPSA) is 83.5 Å². The Hall–Kier alpha value is -0.830. The second kappa shape index (κ2) is 5.28. The first-order valence-electron chi connectivity index (χ1n) is 5.21. The van der Waals surface area contributed by atoms with Gasteiger partial charge in [0, 0.05) is 10.9 Å². The Morgan fingerprint density at radius 1 is 1.37 bits per heavy atom. The minimum absolute atomic E-state index is 0.0313. The Morgan fingerprint density at radius 2 is 2.00 bits per heavy atom. The maximum absolute atomic E-state index is 12.2. The highest BCUT2D eigenvalue weighted by Gasteiger charge is 2.44. The average Bonchev–Trinajstić information content (AvgIpc) is 2.78. The summed E-state index contributed by atoms with van der Waals surface area (Å²) in [6, 6.07) is 5.99. The highest BCUT2D eigenvalue weighted by molar-refractivity contribution is 9.10. The summed E-state index contributed by atoms with van der Waals surface area (Å²) in [5, 5.41) is 10.8. The SMILES string of the molecule is O=C(O)C1(NS(=O)(=O)c2ccc(Br)cc2)CC=CS1. The van der Waals surface area contributed by atoms with Gasteiger partial charge in [-0.3, -0.25) is 0 Å². The van der Waals surface area contributed by atoms with E-state index >= 15 is 0 Å². The number of hydrogen-bond donors (Lipinski definition) is 2. The van der Waals surface area contributed by atoms with Gasteiger partial charge in [-0.05, 0) is 29.7 Å². The average molecular weight is 364 g/mol. The summed E-state index contributed by atoms with van der Waals surface area (Å²) < 4.78 is 27.4.